The van der Waals surface area contributed by atoms with Crippen molar-refractivity contribution in [3.8, 4) is 11.5 Å². The molecule has 0 saturated carbocycles. The molecule has 11 heteroatoms. The minimum Gasteiger partial charge on any atom is -0.452 e. The van der Waals surface area contributed by atoms with Gasteiger partial charge in [0.05, 0.1) is 24.2 Å². The van der Waals surface area contributed by atoms with Gasteiger partial charge in [0.2, 0.25) is 5.91 Å². The number of halogens is 4. The van der Waals surface area contributed by atoms with Crippen LogP contribution in [0.5, 0.6) is 11.5 Å². The molecule has 2 aromatic heterocycles. The number of ether oxygens (including phenoxy) is 1. The number of alkyl halides is 3. The fourth-order valence-electron chi connectivity index (χ4n) is 6.28. The Morgan fingerprint density at radius 1 is 1.00 bits per heavy atom. The summed E-state index contributed by atoms with van der Waals surface area (Å²) in [5.74, 6) is -0.326. The first-order chi connectivity index (χ1) is 21.1. The molecule has 2 aromatic carbocycles. The van der Waals surface area contributed by atoms with E-state index >= 15 is 4.39 Å². The second-order valence-electron chi connectivity index (χ2n) is 11.5. The summed E-state index contributed by atoms with van der Waals surface area (Å²) in [5, 5.41) is 4.20. The quantitative estimate of drug-likeness (QED) is 0.237. The second kappa shape index (κ2) is 12.2. The van der Waals surface area contributed by atoms with E-state index in [1.807, 2.05) is 24.0 Å². The summed E-state index contributed by atoms with van der Waals surface area (Å²) < 4.78 is 65.1. The molecule has 2 aliphatic heterocycles. The van der Waals surface area contributed by atoms with Gasteiger partial charge in [-0.2, -0.15) is 18.3 Å². The molecule has 1 saturated heterocycles. The van der Waals surface area contributed by atoms with Crippen LogP contribution in [0.25, 0.3) is 5.52 Å². The van der Waals surface area contributed by atoms with Gasteiger partial charge in [-0.25, -0.2) is 8.91 Å². The van der Waals surface area contributed by atoms with E-state index in [4.69, 9.17) is 4.74 Å². The van der Waals surface area contributed by atoms with Gasteiger partial charge in [0.1, 0.15) is 5.52 Å². The third kappa shape index (κ3) is 6.16. The SMILES string of the molecule is CCN1CCN(Cc2ccc(CC(=O)N3CCc4cc(F)c(Oc5ccnn6cccc56)cc4C3C)cc2C(F)(F)F)CC1. The molecule has 44 heavy (non-hydrogen) atoms. The number of rotatable bonds is 7. The summed E-state index contributed by atoms with van der Waals surface area (Å²) in [6, 6.07) is 12.2. The Morgan fingerprint density at radius 3 is 2.52 bits per heavy atom. The highest BCUT2D eigenvalue weighted by molar-refractivity contribution is 5.80. The molecule has 6 rings (SSSR count). The second-order valence-corrected chi connectivity index (χ2v) is 11.5. The van der Waals surface area contributed by atoms with Crippen LogP contribution in [-0.2, 0) is 30.4 Å². The lowest BCUT2D eigenvalue weighted by Gasteiger charge is -2.36. The summed E-state index contributed by atoms with van der Waals surface area (Å²) in [6.07, 6.45) is -0.938. The van der Waals surface area contributed by atoms with Crippen LogP contribution in [0.2, 0.25) is 0 Å². The highest BCUT2D eigenvalue weighted by Gasteiger charge is 2.35. The van der Waals surface area contributed by atoms with Crippen LogP contribution < -0.4 is 4.74 Å². The van der Waals surface area contributed by atoms with Gasteiger partial charge in [-0.3, -0.25) is 9.69 Å². The Labute approximate surface area is 253 Å². The zero-order valence-electron chi connectivity index (χ0n) is 24.8. The molecule has 232 valence electrons. The smallest absolute Gasteiger partial charge is 0.416 e. The van der Waals surface area contributed by atoms with Gasteiger partial charge in [-0.15, -0.1) is 0 Å². The minimum atomic E-state index is -4.53. The van der Waals surface area contributed by atoms with Crippen LogP contribution in [0.3, 0.4) is 0 Å². The molecular formula is C33H35F4N5O2. The van der Waals surface area contributed by atoms with Crippen LogP contribution in [0.1, 0.15) is 47.7 Å². The Balaban J connectivity index is 1.18. The first kappa shape index (κ1) is 30.1. The van der Waals surface area contributed by atoms with E-state index in [0.717, 1.165) is 49.9 Å². The molecule has 2 aliphatic rings. The van der Waals surface area contributed by atoms with E-state index in [9.17, 15) is 18.0 Å². The molecule has 1 amide bonds. The lowest BCUT2D eigenvalue weighted by atomic mass is 9.92. The van der Waals surface area contributed by atoms with Crippen molar-refractivity contribution in [2.45, 2.75) is 45.5 Å². The molecule has 0 bridgehead atoms. The van der Waals surface area contributed by atoms with Gasteiger partial charge in [0.25, 0.3) is 0 Å². The summed E-state index contributed by atoms with van der Waals surface area (Å²) in [4.78, 5) is 19.5. The normalized spacial score (nSPS) is 18.0. The fraction of sp³-hybridized carbons (Fsp3) is 0.394. The van der Waals surface area contributed by atoms with Crippen molar-refractivity contribution in [3.63, 3.8) is 0 Å². The van der Waals surface area contributed by atoms with Crippen LogP contribution in [0.4, 0.5) is 17.6 Å². The van der Waals surface area contributed by atoms with Gasteiger partial charge in [0.15, 0.2) is 17.3 Å². The van der Waals surface area contributed by atoms with E-state index in [1.165, 1.54) is 12.1 Å². The lowest BCUT2D eigenvalue weighted by molar-refractivity contribution is -0.139. The molecule has 0 spiro atoms. The van der Waals surface area contributed by atoms with Crippen molar-refractivity contribution in [3.05, 3.63) is 94.6 Å². The number of amides is 1. The van der Waals surface area contributed by atoms with Crippen molar-refractivity contribution < 1.29 is 27.1 Å². The summed E-state index contributed by atoms with van der Waals surface area (Å²) >= 11 is 0. The number of likely N-dealkylation sites (N-methyl/N-ethyl adjacent to an activating group) is 1. The third-order valence-corrected chi connectivity index (χ3v) is 8.81. The number of piperazine rings is 1. The maximum atomic E-state index is 15.1. The maximum Gasteiger partial charge on any atom is 0.416 e. The highest BCUT2D eigenvalue weighted by atomic mass is 19.4. The molecule has 0 N–H and O–H groups in total. The van der Waals surface area contributed by atoms with Crippen LogP contribution in [0.15, 0.2) is 60.9 Å². The van der Waals surface area contributed by atoms with Crippen LogP contribution >= 0.6 is 0 Å². The van der Waals surface area contributed by atoms with Crippen LogP contribution in [-0.4, -0.2) is 69.5 Å². The highest BCUT2D eigenvalue weighted by Crippen LogP contribution is 2.37. The number of nitrogens with zero attached hydrogens (tertiary/aromatic N) is 5. The number of carbonyl (C=O) groups excluding carboxylic acids is 1. The van der Waals surface area contributed by atoms with Crippen molar-refractivity contribution in [1.29, 1.82) is 0 Å². The molecule has 0 radical (unpaired) electrons. The van der Waals surface area contributed by atoms with Crippen molar-refractivity contribution >= 4 is 11.4 Å². The lowest BCUT2D eigenvalue weighted by Crippen LogP contribution is -2.45. The van der Waals surface area contributed by atoms with E-state index in [1.54, 1.807) is 40.0 Å². The Morgan fingerprint density at radius 2 is 1.77 bits per heavy atom. The van der Waals surface area contributed by atoms with Gasteiger partial charge >= 0.3 is 6.18 Å². The zero-order chi connectivity index (χ0) is 31.0. The molecule has 4 heterocycles. The van der Waals surface area contributed by atoms with E-state index in [-0.39, 0.29) is 30.2 Å². The number of hydrogen-bond acceptors (Lipinski definition) is 5. The Kier molecular flexibility index (Phi) is 8.34. The monoisotopic (exact) mass is 609 g/mol. The largest absolute Gasteiger partial charge is 0.452 e. The average Bonchev–Trinajstić information content (AvgIpc) is 3.49. The topological polar surface area (TPSA) is 53.3 Å². The van der Waals surface area contributed by atoms with E-state index in [0.29, 0.717) is 29.8 Å². The standard InChI is InChI=1S/C33H35F4N5O2/c1-3-39-13-15-40(16-14-39)21-25-7-6-23(17-27(25)33(35,36)37)18-32(43)41-12-9-24-19-28(34)31(20-26(24)22(41)2)44-30-8-10-38-42-11-4-5-29(30)42/h4-8,10-11,17,19-20,22H,3,9,12-16,18,21H2,1-2H3. The average molecular weight is 610 g/mol. The Bertz CT molecular complexity index is 1660. The number of hydrogen-bond donors (Lipinski definition) is 0. The molecule has 1 unspecified atom stereocenters. The molecule has 0 aliphatic carbocycles. The third-order valence-electron chi connectivity index (χ3n) is 8.81. The van der Waals surface area contributed by atoms with Gasteiger partial charge in [0, 0.05) is 51.5 Å². The number of benzene rings is 2. The zero-order valence-corrected chi connectivity index (χ0v) is 24.8. The minimum absolute atomic E-state index is 0.0284. The first-order valence-corrected chi connectivity index (χ1v) is 15.0. The van der Waals surface area contributed by atoms with Crippen molar-refractivity contribution in [2.75, 3.05) is 39.3 Å². The predicted octanol–water partition coefficient (Wildman–Crippen LogP) is 6.11. The van der Waals surface area contributed by atoms with Gasteiger partial charge in [-0.05, 0) is 72.5 Å². The van der Waals surface area contributed by atoms with Gasteiger partial charge in [-0.1, -0.05) is 19.1 Å². The fourth-order valence-corrected chi connectivity index (χ4v) is 6.28. The Hall–Kier alpha value is -3.96. The molecule has 7 nitrogen and oxygen atoms in total. The van der Waals surface area contributed by atoms with E-state index in [2.05, 4.69) is 16.9 Å². The van der Waals surface area contributed by atoms with Crippen molar-refractivity contribution in [1.82, 2.24) is 24.3 Å². The molecular weight excluding hydrogens is 574 g/mol. The number of carbonyl (C=O) groups is 1. The summed E-state index contributed by atoms with van der Waals surface area (Å²) in [6.45, 7) is 8.53. The first-order valence-electron chi connectivity index (χ1n) is 15.0. The number of fused-ring (bicyclic) bond motifs is 2. The molecule has 1 atom stereocenters. The van der Waals surface area contributed by atoms with Gasteiger partial charge < -0.3 is 14.5 Å². The summed E-state index contributed by atoms with van der Waals surface area (Å²) in [7, 11) is 0. The predicted molar refractivity (Wildman–Crippen MR) is 158 cm³/mol. The molecule has 4 aromatic rings. The van der Waals surface area contributed by atoms with Crippen LogP contribution in [0, 0.1) is 5.82 Å². The number of aromatic nitrogens is 2. The van der Waals surface area contributed by atoms with Crippen molar-refractivity contribution in [2.24, 2.45) is 0 Å². The maximum absolute atomic E-state index is 15.1. The summed E-state index contributed by atoms with van der Waals surface area (Å²) in [5.41, 5.74) is 2.05. The molecule has 1 fully saturated rings. The van der Waals surface area contributed by atoms with E-state index < -0.39 is 23.6 Å².